The highest BCUT2D eigenvalue weighted by molar-refractivity contribution is 7.96. The van der Waals surface area contributed by atoms with E-state index in [4.69, 9.17) is 0 Å². The van der Waals surface area contributed by atoms with Crippen molar-refractivity contribution in [3.8, 4) is 0 Å². The van der Waals surface area contributed by atoms with Gasteiger partial charge in [0.15, 0.2) is 11.5 Å². The lowest BCUT2D eigenvalue weighted by Gasteiger charge is -2.31. The standard InChI is InChI=1S/C24H23N5OP/c30-24-22(16-17-29(24)18-23-25-27-28-26-23)31(19-10-4-1-5-11-19,20-12-6-2-7-13-20)21-14-8-3-9-15-21/h1-15,22H,16-18H2,(H,25,26,27,28)/q+1. The average molecular weight is 428 g/mol. The molecule has 1 unspecified atom stereocenters. The number of aromatic nitrogens is 4. The maximum absolute atomic E-state index is 13.9. The molecular formula is C24H23N5OP+. The van der Waals surface area contributed by atoms with E-state index in [1.807, 2.05) is 23.1 Å². The van der Waals surface area contributed by atoms with Gasteiger partial charge in [0.2, 0.25) is 0 Å². The number of nitrogens with zero attached hydrogens (tertiary/aromatic N) is 4. The summed E-state index contributed by atoms with van der Waals surface area (Å²) in [6.45, 7) is 1.07. The molecule has 4 aromatic rings. The molecule has 1 amide bonds. The van der Waals surface area contributed by atoms with Gasteiger partial charge in [-0.25, -0.2) is 0 Å². The van der Waals surface area contributed by atoms with E-state index in [-0.39, 0.29) is 11.6 Å². The first kappa shape index (κ1) is 19.6. The summed E-state index contributed by atoms with van der Waals surface area (Å²) in [5, 5.41) is 17.9. The van der Waals surface area contributed by atoms with Crippen LogP contribution >= 0.6 is 7.26 Å². The molecule has 5 rings (SSSR count). The smallest absolute Gasteiger partial charge is 0.265 e. The van der Waals surface area contributed by atoms with Gasteiger partial charge in [-0.05, 0) is 36.4 Å². The molecule has 0 saturated carbocycles. The van der Waals surface area contributed by atoms with Crippen LogP contribution in [-0.4, -0.2) is 43.6 Å². The third-order valence-corrected chi connectivity index (χ3v) is 10.7. The molecule has 31 heavy (non-hydrogen) atoms. The average Bonchev–Trinajstić information content (AvgIpc) is 3.48. The first-order chi connectivity index (χ1) is 15.3. The Balaban J connectivity index is 1.68. The Hall–Kier alpha value is -3.37. The van der Waals surface area contributed by atoms with E-state index in [2.05, 4.69) is 93.4 Å². The monoisotopic (exact) mass is 428 g/mol. The van der Waals surface area contributed by atoms with Crippen molar-refractivity contribution in [2.45, 2.75) is 18.6 Å². The van der Waals surface area contributed by atoms with Crippen LogP contribution < -0.4 is 15.9 Å². The third-order valence-electron chi connectivity index (χ3n) is 5.95. The number of hydrogen-bond donors (Lipinski definition) is 1. The zero-order chi connectivity index (χ0) is 21.1. The van der Waals surface area contributed by atoms with Gasteiger partial charge in [0.25, 0.3) is 5.91 Å². The highest BCUT2D eigenvalue weighted by Crippen LogP contribution is 2.62. The minimum absolute atomic E-state index is 0.133. The number of rotatable bonds is 6. The molecule has 0 aliphatic carbocycles. The third kappa shape index (κ3) is 3.43. The summed E-state index contributed by atoms with van der Waals surface area (Å²) < 4.78 is 0. The number of amides is 1. The minimum atomic E-state index is -2.24. The van der Waals surface area contributed by atoms with Gasteiger partial charge in [0.1, 0.15) is 23.2 Å². The Labute approximate surface area is 181 Å². The summed E-state index contributed by atoms with van der Waals surface area (Å²) in [7, 11) is -2.24. The normalized spacial score (nSPS) is 16.6. The van der Waals surface area contributed by atoms with Crippen molar-refractivity contribution in [2.24, 2.45) is 0 Å². The highest BCUT2D eigenvalue weighted by atomic mass is 31.2. The second kappa shape index (κ2) is 8.40. The number of carbonyl (C=O) groups excluding carboxylic acids is 1. The number of hydrogen-bond acceptors (Lipinski definition) is 4. The van der Waals surface area contributed by atoms with Crippen molar-refractivity contribution in [1.29, 1.82) is 0 Å². The van der Waals surface area contributed by atoms with E-state index >= 15 is 0 Å². The van der Waals surface area contributed by atoms with Crippen molar-refractivity contribution in [1.82, 2.24) is 25.5 Å². The lowest BCUT2D eigenvalue weighted by Crippen LogP contribution is -2.42. The largest absolute Gasteiger partial charge is 0.331 e. The van der Waals surface area contributed by atoms with Crippen LogP contribution in [0.5, 0.6) is 0 Å². The summed E-state index contributed by atoms with van der Waals surface area (Å²) in [5.74, 6) is 0.701. The van der Waals surface area contributed by atoms with Crippen LogP contribution in [0.1, 0.15) is 12.2 Å². The molecule has 1 atom stereocenters. The van der Waals surface area contributed by atoms with Crippen LogP contribution in [0.15, 0.2) is 91.0 Å². The summed E-state index contributed by atoms with van der Waals surface area (Å²) in [5.41, 5.74) is -0.133. The number of H-pyrrole nitrogens is 1. The Bertz CT molecular complexity index is 1040. The predicted octanol–water partition coefficient (Wildman–Crippen LogP) is 2.29. The molecule has 1 fully saturated rings. The van der Waals surface area contributed by atoms with Gasteiger partial charge in [-0.15, -0.1) is 10.2 Å². The van der Waals surface area contributed by atoms with Gasteiger partial charge < -0.3 is 4.90 Å². The molecule has 1 aliphatic rings. The van der Waals surface area contributed by atoms with Crippen molar-refractivity contribution < 1.29 is 4.79 Å². The fraction of sp³-hybridized carbons (Fsp3) is 0.167. The SMILES string of the molecule is O=C1C([P+](c2ccccc2)(c2ccccc2)c2ccccc2)CCN1Cc1nn[nH]n1. The fourth-order valence-corrected chi connectivity index (χ4v) is 9.53. The van der Waals surface area contributed by atoms with Crippen LogP contribution in [-0.2, 0) is 11.3 Å². The molecule has 2 heterocycles. The molecule has 3 aromatic carbocycles. The highest BCUT2D eigenvalue weighted by Gasteiger charge is 2.58. The molecule has 1 N–H and O–H groups in total. The maximum Gasteiger partial charge on any atom is 0.265 e. The summed E-state index contributed by atoms with van der Waals surface area (Å²) in [4.78, 5) is 15.7. The van der Waals surface area contributed by atoms with Gasteiger partial charge in [0, 0.05) is 13.0 Å². The summed E-state index contributed by atoms with van der Waals surface area (Å²) >= 11 is 0. The number of benzene rings is 3. The molecule has 0 radical (unpaired) electrons. The zero-order valence-corrected chi connectivity index (χ0v) is 17.9. The lowest BCUT2D eigenvalue weighted by molar-refractivity contribution is -0.127. The molecule has 0 bridgehead atoms. The van der Waals surface area contributed by atoms with Gasteiger partial charge in [0.05, 0.1) is 6.54 Å². The minimum Gasteiger partial charge on any atom is -0.331 e. The van der Waals surface area contributed by atoms with Gasteiger partial charge in [-0.1, -0.05) is 59.8 Å². The maximum atomic E-state index is 13.9. The van der Waals surface area contributed by atoms with Crippen molar-refractivity contribution in [3.05, 3.63) is 96.8 Å². The number of nitrogens with one attached hydrogen (secondary N) is 1. The van der Waals surface area contributed by atoms with Crippen LogP contribution in [0, 0.1) is 0 Å². The number of tetrazole rings is 1. The van der Waals surface area contributed by atoms with Crippen LogP contribution in [0.3, 0.4) is 0 Å². The van der Waals surface area contributed by atoms with Gasteiger partial charge in [-0.3, -0.25) is 4.79 Å². The summed E-state index contributed by atoms with van der Waals surface area (Å²) in [6, 6.07) is 31.7. The Morgan fingerprint density at radius 2 is 1.35 bits per heavy atom. The lowest BCUT2D eigenvalue weighted by atomic mass is 10.3. The topological polar surface area (TPSA) is 74.8 Å². The molecule has 7 heteroatoms. The fourth-order valence-electron chi connectivity index (χ4n) is 4.64. The quantitative estimate of drug-likeness (QED) is 0.478. The first-order valence-corrected chi connectivity index (χ1v) is 12.2. The van der Waals surface area contributed by atoms with E-state index in [1.54, 1.807) is 0 Å². The second-order valence-corrected chi connectivity index (χ2v) is 11.2. The molecule has 1 saturated heterocycles. The Morgan fingerprint density at radius 3 is 1.81 bits per heavy atom. The van der Waals surface area contributed by atoms with Crippen LogP contribution in [0.25, 0.3) is 0 Å². The molecule has 0 spiro atoms. The number of likely N-dealkylation sites (tertiary alicyclic amines) is 1. The van der Waals surface area contributed by atoms with Crippen LogP contribution in [0.2, 0.25) is 0 Å². The van der Waals surface area contributed by atoms with E-state index in [0.717, 1.165) is 6.42 Å². The first-order valence-electron chi connectivity index (χ1n) is 10.4. The van der Waals surface area contributed by atoms with Gasteiger partial charge >= 0.3 is 0 Å². The number of aromatic amines is 1. The molecule has 154 valence electrons. The van der Waals surface area contributed by atoms with Crippen molar-refractivity contribution in [2.75, 3.05) is 6.54 Å². The van der Waals surface area contributed by atoms with E-state index in [0.29, 0.717) is 18.9 Å². The van der Waals surface area contributed by atoms with Gasteiger partial charge in [-0.2, -0.15) is 5.21 Å². The Morgan fingerprint density at radius 1 is 0.839 bits per heavy atom. The molecule has 1 aliphatic heterocycles. The van der Waals surface area contributed by atoms with E-state index < -0.39 is 7.26 Å². The number of carbonyl (C=O) groups is 1. The van der Waals surface area contributed by atoms with E-state index in [9.17, 15) is 4.79 Å². The van der Waals surface area contributed by atoms with Crippen molar-refractivity contribution in [3.63, 3.8) is 0 Å². The predicted molar refractivity (Wildman–Crippen MR) is 123 cm³/mol. The van der Waals surface area contributed by atoms with E-state index in [1.165, 1.54) is 15.9 Å². The summed E-state index contributed by atoms with van der Waals surface area (Å²) in [6.07, 6.45) is 0.795. The Kier molecular flexibility index (Phi) is 5.31. The van der Waals surface area contributed by atoms with Crippen LogP contribution in [0.4, 0.5) is 0 Å². The molecule has 1 aromatic heterocycles. The van der Waals surface area contributed by atoms with Crippen molar-refractivity contribution >= 4 is 29.1 Å². The molecular weight excluding hydrogens is 405 g/mol. The molecule has 6 nitrogen and oxygen atoms in total. The zero-order valence-electron chi connectivity index (χ0n) is 17.0. The second-order valence-electron chi connectivity index (χ2n) is 7.62.